The van der Waals surface area contributed by atoms with Crippen LogP contribution in [0.1, 0.15) is 34.7 Å². The molecule has 3 heterocycles. The van der Waals surface area contributed by atoms with Gasteiger partial charge in [0.05, 0.1) is 11.7 Å². The molecule has 2 aromatic carbocycles. The van der Waals surface area contributed by atoms with E-state index < -0.39 is 0 Å². The fourth-order valence-electron chi connectivity index (χ4n) is 4.11. The fraction of sp³-hybridized carbons (Fsp3) is 0.154. The lowest BCUT2D eigenvalue weighted by atomic mass is 10.0. The van der Waals surface area contributed by atoms with Crippen LogP contribution in [0.25, 0.3) is 11.3 Å². The van der Waals surface area contributed by atoms with Crippen molar-refractivity contribution in [1.29, 1.82) is 0 Å². The van der Waals surface area contributed by atoms with E-state index in [1.54, 1.807) is 25.3 Å². The van der Waals surface area contributed by atoms with Gasteiger partial charge in [-0.3, -0.25) is 4.98 Å². The van der Waals surface area contributed by atoms with Gasteiger partial charge in [-0.15, -0.1) is 0 Å². The first-order valence-electron chi connectivity index (χ1n) is 10.6. The Morgan fingerprint density at radius 1 is 1.03 bits per heavy atom. The molecule has 2 aromatic heterocycles. The molecule has 0 bridgehead atoms. The van der Waals surface area contributed by atoms with E-state index in [9.17, 15) is 4.39 Å². The molecule has 0 radical (unpaired) electrons. The number of anilines is 1. The van der Waals surface area contributed by atoms with Gasteiger partial charge >= 0.3 is 0 Å². The van der Waals surface area contributed by atoms with Crippen molar-refractivity contribution >= 4 is 34.6 Å². The van der Waals surface area contributed by atoms with E-state index in [0.29, 0.717) is 27.2 Å². The maximum absolute atomic E-state index is 14.0. The second-order valence-corrected chi connectivity index (χ2v) is 8.89. The number of hydrogen-bond acceptors (Lipinski definition) is 3. The molecule has 166 valence electrons. The SMILES string of the molecule is Cc1cc(N2C(=S)N[C@@H](c3ccccn3)[C@H]2c2ccc(-c3ccc(C)c(Cl)c3)o2)ccc1F. The second kappa shape index (κ2) is 8.61. The number of hydrogen-bond donors (Lipinski definition) is 1. The minimum absolute atomic E-state index is 0.246. The van der Waals surface area contributed by atoms with Crippen LogP contribution in [-0.2, 0) is 0 Å². The molecule has 1 N–H and O–H groups in total. The van der Waals surface area contributed by atoms with Gasteiger partial charge in [-0.25, -0.2) is 4.39 Å². The number of aryl methyl sites for hydroxylation is 2. The average molecular weight is 478 g/mol. The summed E-state index contributed by atoms with van der Waals surface area (Å²) < 4.78 is 20.3. The van der Waals surface area contributed by atoms with E-state index in [4.69, 9.17) is 28.2 Å². The highest BCUT2D eigenvalue weighted by Gasteiger charge is 2.42. The van der Waals surface area contributed by atoms with Crippen LogP contribution in [0.2, 0.25) is 5.02 Å². The van der Waals surface area contributed by atoms with Gasteiger partial charge in [0.2, 0.25) is 0 Å². The summed E-state index contributed by atoms with van der Waals surface area (Å²) in [5, 5.41) is 4.60. The number of pyridine rings is 1. The van der Waals surface area contributed by atoms with E-state index in [1.165, 1.54) is 6.07 Å². The number of nitrogens with one attached hydrogen (secondary N) is 1. The molecule has 4 nitrogen and oxygen atoms in total. The maximum Gasteiger partial charge on any atom is 0.174 e. The Labute approximate surface area is 202 Å². The van der Waals surface area contributed by atoms with Gasteiger partial charge in [0, 0.05) is 22.5 Å². The van der Waals surface area contributed by atoms with Crippen molar-refractivity contribution < 1.29 is 8.81 Å². The molecular weight excluding hydrogens is 457 g/mol. The molecule has 0 unspecified atom stereocenters. The van der Waals surface area contributed by atoms with Gasteiger partial charge in [0.1, 0.15) is 23.4 Å². The molecule has 0 spiro atoms. The van der Waals surface area contributed by atoms with Crippen molar-refractivity contribution in [1.82, 2.24) is 10.3 Å². The van der Waals surface area contributed by atoms with Crippen LogP contribution in [0.3, 0.4) is 0 Å². The van der Waals surface area contributed by atoms with Crippen molar-refractivity contribution in [3.8, 4) is 11.3 Å². The zero-order valence-corrected chi connectivity index (χ0v) is 19.6. The predicted octanol–water partition coefficient (Wildman–Crippen LogP) is 6.93. The number of rotatable bonds is 4. The number of aromatic nitrogens is 1. The summed E-state index contributed by atoms with van der Waals surface area (Å²) in [6, 6.07) is 19.9. The largest absolute Gasteiger partial charge is 0.459 e. The lowest BCUT2D eigenvalue weighted by Gasteiger charge is -2.26. The van der Waals surface area contributed by atoms with Crippen molar-refractivity contribution in [3.05, 3.63) is 106 Å². The number of thiocarbonyl (C=S) groups is 1. The first-order chi connectivity index (χ1) is 15.9. The molecule has 2 atom stereocenters. The second-order valence-electron chi connectivity index (χ2n) is 8.10. The summed E-state index contributed by atoms with van der Waals surface area (Å²) in [5.41, 5.74) is 4.06. The summed E-state index contributed by atoms with van der Waals surface area (Å²) in [7, 11) is 0. The number of benzene rings is 2. The first kappa shape index (κ1) is 21.6. The minimum atomic E-state index is -0.313. The number of halogens is 2. The molecule has 33 heavy (non-hydrogen) atoms. The lowest BCUT2D eigenvalue weighted by Crippen LogP contribution is -2.29. The Morgan fingerprint density at radius 3 is 2.61 bits per heavy atom. The average Bonchev–Trinajstić information content (AvgIpc) is 3.43. The normalized spacial score (nSPS) is 17.9. The van der Waals surface area contributed by atoms with Crippen LogP contribution in [-0.4, -0.2) is 10.1 Å². The van der Waals surface area contributed by atoms with Crippen LogP contribution in [0.4, 0.5) is 10.1 Å². The summed E-state index contributed by atoms with van der Waals surface area (Å²) >= 11 is 12.1. The standard InChI is InChI=1S/C26H21ClFN3OS/c1-15-6-7-17(14-19(15)27)22-10-11-23(32-22)25-24(21-5-3-4-12-29-21)30-26(33)31(25)18-8-9-20(28)16(2)13-18/h3-14,24-25H,1-2H3,(H,30,33)/t24-,25+/m0/s1. The van der Waals surface area contributed by atoms with Crippen LogP contribution >= 0.6 is 23.8 Å². The van der Waals surface area contributed by atoms with E-state index in [1.807, 2.05) is 60.4 Å². The van der Waals surface area contributed by atoms with Crippen molar-refractivity contribution in [2.45, 2.75) is 25.9 Å². The molecule has 1 aliphatic heterocycles. The Bertz CT molecular complexity index is 1340. The fourth-order valence-corrected chi connectivity index (χ4v) is 4.64. The summed E-state index contributed by atoms with van der Waals surface area (Å²) in [4.78, 5) is 6.51. The van der Waals surface area contributed by atoms with Gasteiger partial charge in [0.15, 0.2) is 5.11 Å². The zero-order valence-electron chi connectivity index (χ0n) is 18.0. The zero-order chi connectivity index (χ0) is 23.1. The molecule has 0 saturated carbocycles. The molecule has 5 rings (SSSR count). The van der Waals surface area contributed by atoms with Crippen LogP contribution in [0.15, 0.2) is 77.3 Å². The Hall–Kier alpha value is -3.22. The van der Waals surface area contributed by atoms with E-state index >= 15 is 0 Å². The highest BCUT2D eigenvalue weighted by atomic mass is 35.5. The molecule has 1 fully saturated rings. The highest BCUT2D eigenvalue weighted by Crippen LogP contribution is 2.43. The third-order valence-electron chi connectivity index (χ3n) is 5.89. The van der Waals surface area contributed by atoms with Crippen molar-refractivity contribution in [2.75, 3.05) is 4.90 Å². The summed E-state index contributed by atoms with van der Waals surface area (Å²) in [6.07, 6.45) is 1.75. The molecule has 1 saturated heterocycles. The predicted molar refractivity (Wildman–Crippen MR) is 133 cm³/mol. The van der Waals surface area contributed by atoms with Crippen molar-refractivity contribution in [2.24, 2.45) is 0 Å². The smallest absolute Gasteiger partial charge is 0.174 e. The summed E-state index contributed by atoms with van der Waals surface area (Å²) in [5.74, 6) is 1.16. The van der Waals surface area contributed by atoms with Crippen molar-refractivity contribution in [3.63, 3.8) is 0 Å². The monoisotopic (exact) mass is 477 g/mol. The minimum Gasteiger partial charge on any atom is -0.459 e. The van der Waals surface area contributed by atoms with Gasteiger partial charge < -0.3 is 14.6 Å². The maximum atomic E-state index is 14.0. The third-order valence-corrected chi connectivity index (χ3v) is 6.61. The Kier molecular flexibility index (Phi) is 5.64. The molecule has 7 heteroatoms. The molecule has 4 aromatic rings. The highest BCUT2D eigenvalue weighted by molar-refractivity contribution is 7.80. The Balaban J connectivity index is 1.61. The van der Waals surface area contributed by atoms with Crippen LogP contribution in [0, 0.1) is 19.7 Å². The molecule has 0 amide bonds. The lowest BCUT2D eigenvalue weighted by molar-refractivity contribution is 0.439. The molecule has 1 aliphatic rings. The van der Waals surface area contributed by atoms with Gasteiger partial charge in [-0.05, 0) is 85.7 Å². The summed E-state index contributed by atoms with van der Waals surface area (Å²) in [6.45, 7) is 3.70. The topological polar surface area (TPSA) is 41.3 Å². The van der Waals surface area contributed by atoms with E-state index in [2.05, 4.69) is 10.3 Å². The van der Waals surface area contributed by atoms with E-state index in [-0.39, 0.29) is 17.9 Å². The Morgan fingerprint density at radius 2 is 1.88 bits per heavy atom. The molecule has 0 aliphatic carbocycles. The van der Waals surface area contributed by atoms with Crippen LogP contribution < -0.4 is 10.2 Å². The first-order valence-corrected chi connectivity index (χ1v) is 11.3. The van der Waals surface area contributed by atoms with Gasteiger partial charge in [0.25, 0.3) is 0 Å². The van der Waals surface area contributed by atoms with Gasteiger partial charge in [-0.1, -0.05) is 29.8 Å². The quantitative estimate of drug-likeness (QED) is 0.323. The van der Waals surface area contributed by atoms with Gasteiger partial charge in [-0.2, -0.15) is 0 Å². The van der Waals surface area contributed by atoms with Crippen LogP contribution in [0.5, 0.6) is 0 Å². The third kappa shape index (κ3) is 4.01. The van der Waals surface area contributed by atoms with E-state index in [0.717, 1.165) is 22.5 Å². The molecular formula is C26H21ClFN3OS. The number of furan rings is 1. The number of nitrogens with zero attached hydrogens (tertiary/aromatic N) is 2.